The van der Waals surface area contributed by atoms with Crippen LogP contribution in [0.2, 0.25) is 0 Å². The van der Waals surface area contributed by atoms with Crippen LogP contribution < -0.4 is 10.2 Å². The van der Waals surface area contributed by atoms with Gasteiger partial charge >= 0.3 is 0 Å². The highest BCUT2D eigenvalue weighted by atomic mass is 16.1. The first kappa shape index (κ1) is 19.8. The number of amides is 1. The summed E-state index contributed by atoms with van der Waals surface area (Å²) in [6, 6.07) is 12.0. The van der Waals surface area contributed by atoms with Crippen molar-refractivity contribution < 1.29 is 4.79 Å². The van der Waals surface area contributed by atoms with Gasteiger partial charge in [-0.05, 0) is 63.5 Å². The Balaban J connectivity index is 1.37. The van der Waals surface area contributed by atoms with Crippen molar-refractivity contribution in [3.05, 3.63) is 36.4 Å². The molecule has 1 N–H and O–H groups in total. The maximum absolute atomic E-state index is 12.5. The van der Waals surface area contributed by atoms with Crippen molar-refractivity contribution >= 4 is 17.4 Å². The van der Waals surface area contributed by atoms with E-state index in [4.69, 9.17) is 0 Å². The number of likely N-dealkylation sites (tertiary alicyclic amines) is 1. The van der Waals surface area contributed by atoms with Crippen LogP contribution in [-0.4, -0.2) is 54.2 Å². The Kier molecular flexibility index (Phi) is 6.39. The Morgan fingerprint density at radius 2 is 1.69 bits per heavy atom. The summed E-state index contributed by atoms with van der Waals surface area (Å²) in [6.07, 6.45) is 7.12. The zero-order valence-corrected chi connectivity index (χ0v) is 17.3. The first-order chi connectivity index (χ1) is 14.2. The third kappa shape index (κ3) is 5.12. The fraction of sp³-hybridized carbons (Fsp3) is 0.522. The summed E-state index contributed by atoms with van der Waals surface area (Å²) < 4.78 is 0. The van der Waals surface area contributed by atoms with Gasteiger partial charge < -0.3 is 15.1 Å². The highest BCUT2D eigenvalue weighted by molar-refractivity contribution is 5.93. The van der Waals surface area contributed by atoms with Crippen LogP contribution in [0.1, 0.15) is 38.5 Å². The van der Waals surface area contributed by atoms with Crippen LogP contribution in [0.15, 0.2) is 36.4 Å². The maximum Gasteiger partial charge on any atom is 0.228 e. The Morgan fingerprint density at radius 3 is 2.34 bits per heavy atom. The molecule has 1 aromatic heterocycles. The van der Waals surface area contributed by atoms with Crippen LogP contribution in [0, 0.1) is 5.92 Å². The molecule has 0 radical (unpaired) electrons. The second-order valence-corrected chi connectivity index (χ2v) is 8.35. The molecule has 1 amide bonds. The quantitative estimate of drug-likeness (QED) is 0.856. The Hall–Kier alpha value is -2.47. The molecule has 1 unspecified atom stereocenters. The highest BCUT2D eigenvalue weighted by Crippen LogP contribution is 2.23. The molecular weight excluding hydrogens is 362 g/mol. The first-order valence-corrected chi connectivity index (χ1v) is 10.9. The number of rotatable bonds is 4. The SMILES string of the molecule is CN1CCCC(C(=O)Nc2ccc(-c3ccc(N4CCCCCC4)nn3)cc2)C1. The molecular formula is C23H31N5O. The Morgan fingerprint density at radius 1 is 0.931 bits per heavy atom. The van der Waals surface area contributed by atoms with E-state index in [1.54, 1.807) is 0 Å². The molecule has 2 saturated heterocycles. The molecule has 0 aliphatic carbocycles. The summed E-state index contributed by atoms with van der Waals surface area (Å²) in [7, 11) is 2.08. The van der Waals surface area contributed by atoms with Gasteiger partial charge in [-0.1, -0.05) is 25.0 Å². The summed E-state index contributed by atoms with van der Waals surface area (Å²) in [5.41, 5.74) is 2.70. The molecule has 154 valence electrons. The van der Waals surface area contributed by atoms with E-state index in [-0.39, 0.29) is 11.8 Å². The summed E-state index contributed by atoms with van der Waals surface area (Å²) in [5, 5.41) is 12.0. The molecule has 2 aliphatic heterocycles. The van der Waals surface area contributed by atoms with Gasteiger partial charge in [0, 0.05) is 30.9 Å². The molecule has 1 aromatic carbocycles. The minimum atomic E-state index is 0.0748. The molecule has 29 heavy (non-hydrogen) atoms. The number of piperidine rings is 1. The molecule has 6 heteroatoms. The van der Waals surface area contributed by atoms with Gasteiger partial charge in [0.25, 0.3) is 0 Å². The van der Waals surface area contributed by atoms with E-state index in [0.29, 0.717) is 0 Å². The maximum atomic E-state index is 12.5. The summed E-state index contributed by atoms with van der Waals surface area (Å²) >= 11 is 0. The van der Waals surface area contributed by atoms with Crippen molar-refractivity contribution in [2.24, 2.45) is 5.92 Å². The van der Waals surface area contributed by atoms with Crippen molar-refractivity contribution in [3.8, 4) is 11.3 Å². The van der Waals surface area contributed by atoms with Gasteiger partial charge in [-0.3, -0.25) is 4.79 Å². The highest BCUT2D eigenvalue weighted by Gasteiger charge is 2.23. The monoisotopic (exact) mass is 393 g/mol. The normalized spacial score (nSPS) is 20.9. The largest absolute Gasteiger partial charge is 0.355 e. The second kappa shape index (κ2) is 9.35. The molecule has 2 aliphatic rings. The van der Waals surface area contributed by atoms with E-state index in [2.05, 4.69) is 38.4 Å². The zero-order chi connectivity index (χ0) is 20.1. The smallest absolute Gasteiger partial charge is 0.228 e. The Bertz CT molecular complexity index is 797. The van der Waals surface area contributed by atoms with Crippen molar-refractivity contribution in [3.63, 3.8) is 0 Å². The van der Waals surface area contributed by atoms with Crippen LogP contribution >= 0.6 is 0 Å². The predicted molar refractivity (Wildman–Crippen MR) is 117 cm³/mol. The number of benzene rings is 1. The minimum Gasteiger partial charge on any atom is -0.355 e. The van der Waals surface area contributed by atoms with Crippen LogP contribution in [0.3, 0.4) is 0 Å². The lowest BCUT2D eigenvalue weighted by molar-refractivity contribution is -0.121. The van der Waals surface area contributed by atoms with E-state index in [0.717, 1.165) is 61.8 Å². The average Bonchev–Trinajstić information content (AvgIpc) is 3.04. The second-order valence-electron chi connectivity index (χ2n) is 8.35. The lowest BCUT2D eigenvalue weighted by Gasteiger charge is -2.28. The fourth-order valence-corrected chi connectivity index (χ4v) is 4.30. The van der Waals surface area contributed by atoms with E-state index >= 15 is 0 Å². The number of nitrogens with one attached hydrogen (secondary N) is 1. The number of hydrogen-bond donors (Lipinski definition) is 1. The molecule has 0 bridgehead atoms. The van der Waals surface area contributed by atoms with E-state index in [9.17, 15) is 4.79 Å². The molecule has 2 fully saturated rings. The van der Waals surface area contributed by atoms with Gasteiger partial charge in [0.2, 0.25) is 5.91 Å². The van der Waals surface area contributed by atoms with Crippen molar-refractivity contribution in [2.45, 2.75) is 38.5 Å². The van der Waals surface area contributed by atoms with Gasteiger partial charge in [-0.15, -0.1) is 10.2 Å². The van der Waals surface area contributed by atoms with Crippen molar-refractivity contribution in [2.75, 3.05) is 43.4 Å². The third-order valence-electron chi connectivity index (χ3n) is 6.02. The Labute approximate surface area is 173 Å². The molecule has 4 rings (SSSR count). The van der Waals surface area contributed by atoms with E-state index in [1.165, 1.54) is 25.7 Å². The number of aromatic nitrogens is 2. The standard InChI is InChI=1S/C23H31N5O/c1-27-14-6-7-19(17-27)23(29)24-20-10-8-18(9-11-20)21-12-13-22(26-25-21)28-15-4-2-3-5-16-28/h8-13,19H,2-7,14-17H2,1H3,(H,24,29). The van der Waals surface area contributed by atoms with E-state index < -0.39 is 0 Å². The van der Waals surface area contributed by atoms with Gasteiger partial charge in [0.1, 0.15) is 0 Å². The van der Waals surface area contributed by atoms with Crippen molar-refractivity contribution in [1.82, 2.24) is 15.1 Å². The number of carbonyl (C=O) groups excluding carboxylic acids is 1. The van der Waals surface area contributed by atoms with Crippen LogP contribution in [0.25, 0.3) is 11.3 Å². The van der Waals surface area contributed by atoms with Crippen LogP contribution in [0.4, 0.5) is 11.5 Å². The van der Waals surface area contributed by atoms with Gasteiger partial charge in [0.15, 0.2) is 5.82 Å². The number of nitrogens with zero attached hydrogens (tertiary/aromatic N) is 4. The predicted octanol–water partition coefficient (Wildman–Crippen LogP) is 3.80. The molecule has 1 atom stereocenters. The van der Waals surface area contributed by atoms with Gasteiger partial charge in [0.05, 0.1) is 11.6 Å². The molecule has 0 spiro atoms. The summed E-state index contributed by atoms with van der Waals surface area (Å²) in [5.74, 6) is 1.16. The summed E-state index contributed by atoms with van der Waals surface area (Å²) in [6.45, 7) is 4.05. The first-order valence-electron chi connectivity index (χ1n) is 10.9. The number of carbonyl (C=O) groups is 1. The molecule has 0 saturated carbocycles. The lowest BCUT2D eigenvalue weighted by Crippen LogP contribution is -2.38. The lowest BCUT2D eigenvalue weighted by atomic mass is 9.97. The number of anilines is 2. The van der Waals surface area contributed by atoms with Gasteiger partial charge in [-0.2, -0.15) is 0 Å². The number of hydrogen-bond acceptors (Lipinski definition) is 5. The zero-order valence-electron chi connectivity index (χ0n) is 17.3. The summed E-state index contributed by atoms with van der Waals surface area (Å²) in [4.78, 5) is 17.1. The van der Waals surface area contributed by atoms with Crippen molar-refractivity contribution in [1.29, 1.82) is 0 Å². The molecule has 6 nitrogen and oxygen atoms in total. The fourth-order valence-electron chi connectivity index (χ4n) is 4.30. The van der Waals surface area contributed by atoms with E-state index in [1.807, 2.05) is 30.3 Å². The van der Waals surface area contributed by atoms with Crippen LogP contribution in [-0.2, 0) is 4.79 Å². The van der Waals surface area contributed by atoms with Crippen LogP contribution in [0.5, 0.6) is 0 Å². The topological polar surface area (TPSA) is 61.4 Å². The third-order valence-corrected chi connectivity index (χ3v) is 6.02. The average molecular weight is 394 g/mol. The molecule has 3 heterocycles. The molecule has 2 aromatic rings. The minimum absolute atomic E-state index is 0.0748. The van der Waals surface area contributed by atoms with Gasteiger partial charge in [-0.25, -0.2) is 0 Å².